The Balaban J connectivity index is 1.51. The molecule has 2 aliphatic rings. The Morgan fingerprint density at radius 2 is 1.91 bits per heavy atom. The van der Waals surface area contributed by atoms with Crippen LogP contribution in [0.4, 0.5) is 0 Å². The van der Waals surface area contributed by atoms with Crippen LogP contribution in [0, 0.1) is 5.92 Å². The third-order valence-corrected chi connectivity index (χ3v) is 5.20. The molecule has 126 valence electrons. The van der Waals surface area contributed by atoms with E-state index in [-0.39, 0.29) is 11.8 Å². The number of hydrogen-bond donors (Lipinski definition) is 2. The molecule has 0 bridgehead atoms. The Morgan fingerprint density at radius 1 is 1.13 bits per heavy atom. The van der Waals surface area contributed by atoms with Gasteiger partial charge in [-0.3, -0.25) is 9.69 Å². The zero-order valence-electron chi connectivity index (χ0n) is 14.0. The zero-order valence-corrected chi connectivity index (χ0v) is 14.0. The Labute approximate surface area is 139 Å². The van der Waals surface area contributed by atoms with Crippen LogP contribution in [0.1, 0.15) is 37.7 Å². The lowest BCUT2D eigenvalue weighted by Gasteiger charge is -2.36. The summed E-state index contributed by atoms with van der Waals surface area (Å²) >= 11 is 0. The van der Waals surface area contributed by atoms with E-state index in [2.05, 4.69) is 45.9 Å². The fourth-order valence-corrected chi connectivity index (χ4v) is 3.76. The molecular weight excluding hydrogens is 286 g/mol. The molecule has 0 aromatic heterocycles. The van der Waals surface area contributed by atoms with Crippen molar-refractivity contribution in [3.05, 3.63) is 35.9 Å². The van der Waals surface area contributed by atoms with Gasteiger partial charge in [0.05, 0.1) is 0 Å². The van der Waals surface area contributed by atoms with Crippen LogP contribution in [0.3, 0.4) is 0 Å². The number of piperidine rings is 2. The highest BCUT2D eigenvalue weighted by molar-refractivity contribution is 5.78. The number of benzene rings is 1. The summed E-state index contributed by atoms with van der Waals surface area (Å²) < 4.78 is 0. The molecule has 0 aliphatic carbocycles. The summed E-state index contributed by atoms with van der Waals surface area (Å²) in [6, 6.07) is 11.1. The summed E-state index contributed by atoms with van der Waals surface area (Å²) in [7, 11) is 0. The normalized spacial score (nSPS) is 23.6. The fraction of sp³-hybridized carbons (Fsp3) is 0.632. The van der Waals surface area contributed by atoms with Gasteiger partial charge in [0.25, 0.3) is 0 Å². The minimum absolute atomic E-state index is 0.211. The van der Waals surface area contributed by atoms with E-state index in [9.17, 15) is 4.79 Å². The van der Waals surface area contributed by atoms with Gasteiger partial charge in [0.1, 0.15) is 0 Å². The highest BCUT2D eigenvalue weighted by atomic mass is 16.1. The van der Waals surface area contributed by atoms with Crippen LogP contribution < -0.4 is 10.6 Å². The molecule has 3 rings (SSSR count). The van der Waals surface area contributed by atoms with E-state index in [1.807, 2.05) is 0 Å². The molecule has 0 radical (unpaired) electrons. The van der Waals surface area contributed by atoms with Crippen LogP contribution in [0.15, 0.2) is 30.3 Å². The van der Waals surface area contributed by atoms with Gasteiger partial charge in [0.15, 0.2) is 0 Å². The third-order valence-electron chi connectivity index (χ3n) is 5.20. The summed E-state index contributed by atoms with van der Waals surface area (Å²) in [5.74, 6) is 0.471. The van der Waals surface area contributed by atoms with Gasteiger partial charge in [0, 0.05) is 25.0 Å². The molecule has 1 unspecified atom stereocenters. The predicted molar refractivity (Wildman–Crippen MR) is 93.1 cm³/mol. The first kappa shape index (κ1) is 16.5. The first-order valence-electron chi connectivity index (χ1n) is 9.09. The quantitative estimate of drug-likeness (QED) is 0.875. The molecular formula is C19H29N3O. The van der Waals surface area contributed by atoms with E-state index in [0.29, 0.717) is 6.04 Å². The maximum absolute atomic E-state index is 12.3. The number of carbonyl (C=O) groups excluding carboxylic acids is 1. The largest absolute Gasteiger partial charge is 0.354 e. The van der Waals surface area contributed by atoms with Crippen LogP contribution >= 0.6 is 0 Å². The Hall–Kier alpha value is -1.39. The number of carbonyl (C=O) groups is 1. The SMILES string of the molecule is O=C(NCC1CCCCN1Cc1ccccc1)C1CCNCC1. The minimum Gasteiger partial charge on any atom is -0.354 e. The molecule has 2 aliphatic heterocycles. The number of amides is 1. The van der Waals surface area contributed by atoms with Crippen molar-refractivity contribution in [3.8, 4) is 0 Å². The van der Waals surface area contributed by atoms with Crippen LogP contribution in [-0.4, -0.2) is 43.0 Å². The van der Waals surface area contributed by atoms with Crippen molar-refractivity contribution in [1.29, 1.82) is 0 Å². The van der Waals surface area contributed by atoms with Crippen LogP contribution in [0.5, 0.6) is 0 Å². The molecule has 23 heavy (non-hydrogen) atoms. The van der Waals surface area contributed by atoms with E-state index in [1.165, 1.54) is 24.8 Å². The minimum atomic E-state index is 0.211. The van der Waals surface area contributed by atoms with Crippen molar-refractivity contribution in [2.75, 3.05) is 26.2 Å². The Kier molecular flexibility index (Phi) is 6.06. The summed E-state index contributed by atoms with van der Waals surface area (Å²) in [5, 5.41) is 6.55. The number of rotatable bonds is 5. The van der Waals surface area contributed by atoms with Crippen LogP contribution in [0.2, 0.25) is 0 Å². The van der Waals surface area contributed by atoms with Crippen molar-refractivity contribution < 1.29 is 4.79 Å². The highest BCUT2D eigenvalue weighted by Crippen LogP contribution is 2.19. The molecule has 1 aromatic carbocycles. The van der Waals surface area contributed by atoms with Gasteiger partial charge in [-0.25, -0.2) is 0 Å². The van der Waals surface area contributed by atoms with Gasteiger partial charge >= 0.3 is 0 Å². The second kappa shape index (κ2) is 8.46. The van der Waals surface area contributed by atoms with E-state index in [1.54, 1.807) is 0 Å². The summed E-state index contributed by atoms with van der Waals surface area (Å²) in [4.78, 5) is 14.9. The molecule has 1 amide bonds. The monoisotopic (exact) mass is 315 g/mol. The standard InChI is InChI=1S/C19H29N3O/c23-19(17-9-11-20-12-10-17)21-14-18-8-4-5-13-22(18)15-16-6-2-1-3-7-16/h1-3,6-7,17-18,20H,4-5,8-15H2,(H,21,23). The number of hydrogen-bond acceptors (Lipinski definition) is 3. The van der Waals surface area contributed by atoms with Crippen molar-refractivity contribution in [3.63, 3.8) is 0 Å². The second-order valence-electron chi connectivity index (χ2n) is 6.88. The average Bonchev–Trinajstić information content (AvgIpc) is 2.62. The first-order chi connectivity index (χ1) is 11.3. The summed E-state index contributed by atoms with van der Waals surface area (Å²) in [5.41, 5.74) is 1.36. The summed E-state index contributed by atoms with van der Waals surface area (Å²) in [6.07, 6.45) is 5.69. The van der Waals surface area contributed by atoms with Crippen LogP contribution in [0.25, 0.3) is 0 Å². The molecule has 2 N–H and O–H groups in total. The lowest BCUT2D eigenvalue weighted by atomic mass is 9.96. The van der Waals surface area contributed by atoms with Gasteiger partial charge in [-0.1, -0.05) is 36.8 Å². The topological polar surface area (TPSA) is 44.4 Å². The van der Waals surface area contributed by atoms with Gasteiger partial charge in [-0.05, 0) is 50.9 Å². The first-order valence-corrected chi connectivity index (χ1v) is 9.09. The smallest absolute Gasteiger partial charge is 0.223 e. The van der Waals surface area contributed by atoms with Crippen molar-refractivity contribution in [2.45, 2.75) is 44.7 Å². The summed E-state index contributed by atoms with van der Waals surface area (Å²) in [6.45, 7) is 4.89. The predicted octanol–water partition coefficient (Wildman–Crippen LogP) is 2.16. The van der Waals surface area contributed by atoms with E-state index < -0.39 is 0 Å². The number of nitrogens with one attached hydrogen (secondary N) is 2. The lowest BCUT2D eigenvalue weighted by molar-refractivity contribution is -0.126. The lowest BCUT2D eigenvalue weighted by Crippen LogP contribution is -2.48. The number of likely N-dealkylation sites (tertiary alicyclic amines) is 1. The van der Waals surface area contributed by atoms with Crippen molar-refractivity contribution in [2.24, 2.45) is 5.92 Å². The van der Waals surface area contributed by atoms with Crippen molar-refractivity contribution >= 4 is 5.91 Å². The van der Waals surface area contributed by atoms with E-state index in [0.717, 1.165) is 45.6 Å². The Bertz CT molecular complexity index is 485. The molecule has 0 spiro atoms. The maximum atomic E-state index is 12.3. The molecule has 1 atom stereocenters. The third kappa shape index (κ3) is 4.79. The molecule has 4 heteroatoms. The van der Waals surface area contributed by atoms with E-state index in [4.69, 9.17) is 0 Å². The van der Waals surface area contributed by atoms with Gasteiger partial charge in [-0.15, -0.1) is 0 Å². The van der Waals surface area contributed by atoms with Gasteiger partial charge < -0.3 is 10.6 Å². The molecule has 2 heterocycles. The fourth-order valence-electron chi connectivity index (χ4n) is 3.76. The molecule has 0 saturated carbocycles. The zero-order chi connectivity index (χ0) is 15.9. The van der Waals surface area contributed by atoms with Crippen LogP contribution in [-0.2, 0) is 11.3 Å². The maximum Gasteiger partial charge on any atom is 0.223 e. The molecule has 4 nitrogen and oxygen atoms in total. The highest BCUT2D eigenvalue weighted by Gasteiger charge is 2.25. The molecule has 1 aromatic rings. The van der Waals surface area contributed by atoms with Gasteiger partial charge in [-0.2, -0.15) is 0 Å². The van der Waals surface area contributed by atoms with Crippen molar-refractivity contribution in [1.82, 2.24) is 15.5 Å². The van der Waals surface area contributed by atoms with E-state index >= 15 is 0 Å². The van der Waals surface area contributed by atoms with Gasteiger partial charge in [0.2, 0.25) is 5.91 Å². The molecule has 2 saturated heterocycles. The Morgan fingerprint density at radius 3 is 2.70 bits per heavy atom. The average molecular weight is 315 g/mol. The number of nitrogens with zero attached hydrogens (tertiary/aromatic N) is 1. The molecule has 2 fully saturated rings. The second-order valence-corrected chi connectivity index (χ2v) is 6.88.